The summed E-state index contributed by atoms with van der Waals surface area (Å²) in [5.74, 6) is 0.455. The first-order valence-corrected chi connectivity index (χ1v) is 9.40. The molecule has 1 heterocycles. The maximum atomic E-state index is 12.8. The second kappa shape index (κ2) is 7.32. The molecular formula is C18H24N2O3S. The number of hydrogen-bond acceptors (Lipinski definition) is 4. The molecule has 0 aliphatic carbocycles. The zero-order valence-electron chi connectivity index (χ0n) is 14.8. The Morgan fingerprint density at radius 3 is 2.33 bits per heavy atom. The fourth-order valence-corrected chi connectivity index (χ4v) is 4.27. The predicted octanol–water partition coefficient (Wildman–Crippen LogP) is 3.19. The van der Waals surface area contributed by atoms with Crippen LogP contribution in [0.25, 0.3) is 0 Å². The molecule has 0 atom stereocenters. The largest absolute Gasteiger partial charge is 0.478 e. The fraction of sp³-hybridized carbons (Fsp3) is 0.389. The van der Waals surface area contributed by atoms with Crippen LogP contribution in [0.3, 0.4) is 0 Å². The second-order valence-electron chi connectivity index (χ2n) is 5.81. The summed E-state index contributed by atoms with van der Waals surface area (Å²) in [6, 6.07) is 5.58. The number of nitrogens with one attached hydrogen (secondary N) is 1. The van der Waals surface area contributed by atoms with Gasteiger partial charge in [-0.05, 0) is 62.9 Å². The standard InChI is InChI=1S/C18H24N2O3S/c1-6-23-18-16(8-7-9-19-18)11-20-24(21,22)17-14(4)12(2)10-13(3)15(17)5/h7-10,20H,6,11H2,1-5H3. The van der Waals surface area contributed by atoms with Gasteiger partial charge in [0.1, 0.15) is 0 Å². The van der Waals surface area contributed by atoms with Crippen LogP contribution in [-0.2, 0) is 16.6 Å². The summed E-state index contributed by atoms with van der Waals surface area (Å²) in [6.45, 7) is 10.0. The molecule has 6 heteroatoms. The number of aromatic nitrogens is 1. The van der Waals surface area contributed by atoms with Gasteiger partial charge in [0.15, 0.2) is 0 Å². The maximum Gasteiger partial charge on any atom is 0.241 e. The van der Waals surface area contributed by atoms with Gasteiger partial charge in [-0.1, -0.05) is 12.1 Å². The van der Waals surface area contributed by atoms with Crippen LogP contribution in [0.5, 0.6) is 5.88 Å². The summed E-state index contributed by atoms with van der Waals surface area (Å²) in [5, 5.41) is 0. The average molecular weight is 348 g/mol. The normalized spacial score (nSPS) is 11.5. The number of rotatable bonds is 6. The highest BCUT2D eigenvalue weighted by atomic mass is 32.2. The number of aryl methyl sites for hydroxylation is 2. The minimum atomic E-state index is -3.63. The first kappa shape index (κ1) is 18.4. The lowest BCUT2D eigenvalue weighted by molar-refractivity contribution is 0.322. The highest BCUT2D eigenvalue weighted by molar-refractivity contribution is 7.89. The highest BCUT2D eigenvalue weighted by Crippen LogP contribution is 2.26. The van der Waals surface area contributed by atoms with Crippen LogP contribution in [0, 0.1) is 27.7 Å². The zero-order valence-corrected chi connectivity index (χ0v) is 15.6. The Morgan fingerprint density at radius 1 is 1.12 bits per heavy atom. The minimum Gasteiger partial charge on any atom is -0.478 e. The predicted molar refractivity (Wildman–Crippen MR) is 94.8 cm³/mol. The fourth-order valence-electron chi connectivity index (χ4n) is 2.65. The minimum absolute atomic E-state index is 0.136. The number of sulfonamides is 1. The van der Waals surface area contributed by atoms with E-state index >= 15 is 0 Å². The summed E-state index contributed by atoms with van der Waals surface area (Å²) in [4.78, 5) is 4.51. The molecule has 1 aromatic carbocycles. The van der Waals surface area contributed by atoms with Crippen LogP contribution in [-0.4, -0.2) is 20.0 Å². The number of pyridine rings is 1. The second-order valence-corrected chi connectivity index (χ2v) is 7.52. The lowest BCUT2D eigenvalue weighted by Crippen LogP contribution is -2.25. The number of ether oxygens (including phenoxy) is 1. The third-order valence-corrected chi connectivity index (χ3v) is 5.82. The quantitative estimate of drug-likeness (QED) is 0.870. The van der Waals surface area contributed by atoms with Gasteiger partial charge in [-0.3, -0.25) is 0 Å². The van der Waals surface area contributed by atoms with Gasteiger partial charge in [0, 0.05) is 18.3 Å². The van der Waals surface area contributed by atoms with Crippen LogP contribution < -0.4 is 9.46 Å². The highest BCUT2D eigenvalue weighted by Gasteiger charge is 2.22. The summed E-state index contributed by atoms with van der Waals surface area (Å²) >= 11 is 0. The molecule has 0 saturated carbocycles. The van der Waals surface area contributed by atoms with Crippen LogP contribution >= 0.6 is 0 Å². The summed E-state index contributed by atoms with van der Waals surface area (Å²) in [5.41, 5.74) is 4.20. The van der Waals surface area contributed by atoms with E-state index in [9.17, 15) is 8.42 Å². The van der Waals surface area contributed by atoms with Crippen molar-refractivity contribution in [3.05, 3.63) is 52.2 Å². The van der Waals surface area contributed by atoms with Crippen molar-refractivity contribution in [2.75, 3.05) is 6.61 Å². The molecule has 2 rings (SSSR count). The van der Waals surface area contributed by atoms with Crippen molar-refractivity contribution < 1.29 is 13.2 Å². The van der Waals surface area contributed by atoms with E-state index in [4.69, 9.17) is 4.74 Å². The van der Waals surface area contributed by atoms with Crippen molar-refractivity contribution in [2.45, 2.75) is 46.1 Å². The average Bonchev–Trinajstić information content (AvgIpc) is 2.52. The molecule has 0 saturated heterocycles. The van der Waals surface area contributed by atoms with E-state index in [1.165, 1.54) is 0 Å². The van der Waals surface area contributed by atoms with Crippen molar-refractivity contribution >= 4 is 10.0 Å². The third kappa shape index (κ3) is 3.76. The van der Waals surface area contributed by atoms with Crippen molar-refractivity contribution in [2.24, 2.45) is 0 Å². The first-order valence-electron chi connectivity index (χ1n) is 7.91. The Kier molecular flexibility index (Phi) is 5.62. The number of nitrogens with zero attached hydrogens (tertiary/aromatic N) is 1. The Balaban J connectivity index is 2.34. The molecule has 24 heavy (non-hydrogen) atoms. The summed E-state index contributed by atoms with van der Waals surface area (Å²) in [6.07, 6.45) is 1.63. The van der Waals surface area contributed by atoms with Crippen molar-refractivity contribution in [3.8, 4) is 5.88 Å². The Bertz CT molecular complexity index is 819. The summed E-state index contributed by atoms with van der Waals surface area (Å²) in [7, 11) is -3.63. The monoisotopic (exact) mass is 348 g/mol. The van der Waals surface area contributed by atoms with Gasteiger partial charge in [0.25, 0.3) is 0 Å². The molecule has 0 bridgehead atoms. The Morgan fingerprint density at radius 2 is 1.75 bits per heavy atom. The molecule has 0 radical (unpaired) electrons. The zero-order chi connectivity index (χ0) is 17.9. The molecule has 0 unspecified atom stereocenters. The molecule has 0 fully saturated rings. The SMILES string of the molecule is CCOc1ncccc1CNS(=O)(=O)c1c(C)c(C)cc(C)c1C. The molecule has 0 spiro atoms. The molecule has 130 valence electrons. The van der Waals surface area contributed by atoms with E-state index in [-0.39, 0.29) is 6.54 Å². The maximum absolute atomic E-state index is 12.8. The van der Waals surface area contributed by atoms with Crippen LogP contribution in [0.15, 0.2) is 29.3 Å². The van der Waals surface area contributed by atoms with E-state index in [0.29, 0.717) is 22.9 Å². The van der Waals surface area contributed by atoms with E-state index in [1.54, 1.807) is 12.3 Å². The number of benzene rings is 1. The van der Waals surface area contributed by atoms with Gasteiger partial charge in [-0.25, -0.2) is 18.1 Å². The molecular weight excluding hydrogens is 324 g/mol. The summed E-state index contributed by atoms with van der Waals surface area (Å²) < 4.78 is 33.8. The molecule has 2 aromatic rings. The topological polar surface area (TPSA) is 68.3 Å². The smallest absolute Gasteiger partial charge is 0.241 e. The van der Waals surface area contributed by atoms with Gasteiger partial charge in [-0.2, -0.15) is 0 Å². The van der Waals surface area contributed by atoms with Crippen molar-refractivity contribution in [1.29, 1.82) is 0 Å². The molecule has 1 aromatic heterocycles. The van der Waals surface area contributed by atoms with Gasteiger partial charge in [0.05, 0.1) is 11.5 Å². The van der Waals surface area contributed by atoms with E-state index < -0.39 is 10.0 Å². The van der Waals surface area contributed by atoms with Gasteiger partial charge in [-0.15, -0.1) is 0 Å². The molecule has 0 aliphatic rings. The molecule has 5 nitrogen and oxygen atoms in total. The van der Waals surface area contributed by atoms with Crippen molar-refractivity contribution in [3.63, 3.8) is 0 Å². The molecule has 1 N–H and O–H groups in total. The van der Waals surface area contributed by atoms with Gasteiger partial charge in [0.2, 0.25) is 15.9 Å². The molecule has 0 aliphatic heterocycles. The Labute approximate surface area is 144 Å². The lowest BCUT2D eigenvalue weighted by Gasteiger charge is -2.16. The van der Waals surface area contributed by atoms with Gasteiger partial charge >= 0.3 is 0 Å². The van der Waals surface area contributed by atoms with E-state index in [2.05, 4.69) is 9.71 Å². The lowest BCUT2D eigenvalue weighted by atomic mass is 10.0. The van der Waals surface area contributed by atoms with Crippen LogP contribution in [0.2, 0.25) is 0 Å². The van der Waals surface area contributed by atoms with E-state index in [0.717, 1.165) is 22.3 Å². The third-order valence-electron chi connectivity index (χ3n) is 4.15. The first-order chi connectivity index (χ1) is 11.3. The molecule has 0 amide bonds. The van der Waals surface area contributed by atoms with Gasteiger partial charge < -0.3 is 4.74 Å². The number of hydrogen-bond donors (Lipinski definition) is 1. The van der Waals surface area contributed by atoms with Crippen molar-refractivity contribution in [1.82, 2.24) is 9.71 Å². The van der Waals surface area contributed by atoms with E-state index in [1.807, 2.05) is 46.8 Å². The van der Waals surface area contributed by atoms with Crippen LogP contribution in [0.1, 0.15) is 34.7 Å². The van der Waals surface area contributed by atoms with Crippen LogP contribution in [0.4, 0.5) is 0 Å². The Hall–Kier alpha value is -1.92.